The minimum Gasteiger partial charge on any atom is -0.291 e. The molecule has 0 aliphatic heterocycles. The van der Waals surface area contributed by atoms with Crippen LogP contribution in [-0.2, 0) is 11.2 Å². The average Bonchev–Trinajstić information content (AvgIpc) is 2.06. The van der Waals surface area contributed by atoms with Crippen molar-refractivity contribution in [2.24, 2.45) is 0 Å². The molecule has 0 aromatic heterocycles. The largest absolute Gasteiger partial charge is 0.291 e. The molecule has 1 aromatic carbocycles. The smallest absolute Gasteiger partial charge is 0.203 e. The summed E-state index contributed by atoms with van der Waals surface area (Å²) >= 11 is 1.68. The van der Waals surface area contributed by atoms with Crippen LogP contribution in [0.5, 0.6) is 0 Å². The molecule has 11 heavy (non-hydrogen) atoms. The van der Waals surface area contributed by atoms with Crippen LogP contribution in [0.1, 0.15) is 5.56 Å². The van der Waals surface area contributed by atoms with Crippen LogP contribution < -0.4 is 0 Å². The van der Waals surface area contributed by atoms with E-state index in [9.17, 15) is 4.79 Å². The summed E-state index contributed by atoms with van der Waals surface area (Å²) in [5.74, 6) is 0. The fraction of sp³-hybridized carbons (Fsp3) is 0.222. The number of hydrogen-bond donors (Lipinski definition) is 0. The Morgan fingerprint density at radius 1 is 1.55 bits per heavy atom. The fourth-order valence-electron chi connectivity index (χ4n) is 0.866. The Hall–Kier alpha value is -0.760. The van der Waals surface area contributed by atoms with Gasteiger partial charge in [0, 0.05) is 11.3 Å². The topological polar surface area (TPSA) is 17.1 Å². The molecule has 0 N–H and O–H groups in total. The van der Waals surface area contributed by atoms with E-state index < -0.39 is 0 Å². The summed E-state index contributed by atoms with van der Waals surface area (Å²) in [6.07, 6.45) is 4.29. The van der Waals surface area contributed by atoms with Crippen LogP contribution in [0.3, 0.4) is 0 Å². The molecular formula is C9H9OS. The average molecular weight is 165 g/mol. The maximum Gasteiger partial charge on any atom is 0.203 e. The van der Waals surface area contributed by atoms with Crippen molar-refractivity contribution in [1.82, 2.24) is 0 Å². The van der Waals surface area contributed by atoms with Gasteiger partial charge in [-0.2, -0.15) is 0 Å². The number of rotatable bonds is 3. The highest BCUT2D eigenvalue weighted by Gasteiger charge is 1.93. The van der Waals surface area contributed by atoms with Crippen molar-refractivity contribution in [3.63, 3.8) is 0 Å². The van der Waals surface area contributed by atoms with Crippen molar-refractivity contribution < 1.29 is 4.79 Å². The maximum absolute atomic E-state index is 10.0. The fourth-order valence-corrected chi connectivity index (χ4v) is 1.35. The molecule has 0 saturated heterocycles. The van der Waals surface area contributed by atoms with Crippen LogP contribution in [0.25, 0.3) is 0 Å². The zero-order valence-corrected chi connectivity index (χ0v) is 7.15. The molecule has 1 rings (SSSR count). The van der Waals surface area contributed by atoms with E-state index in [2.05, 4.69) is 0 Å². The summed E-state index contributed by atoms with van der Waals surface area (Å²) in [5.41, 5.74) is 1.03. The second-order valence-electron chi connectivity index (χ2n) is 2.17. The first-order valence-electron chi connectivity index (χ1n) is 3.34. The first kappa shape index (κ1) is 8.34. The second-order valence-corrected chi connectivity index (χ2v) is 3.05. The summed E-state index contributed by atoms with van der Waals surface area (Å²) in [4.78, 5) is 11.2. The normalized spacial score (nSPS) is 9.55. The van der Waals surface area contributed by atoms with Gasteiger partial charge in [0.2, 0.25) is 6.29 Å². The lowest BCUT2D eigenvalue weighted by molar-refractivity contribution is 0.555. The number of benzene rings is 1. The summed E-state index contributed by atoms with van der Waals surface area (Å²) < 4.78 is 0. The summed E-state index contributed by atoms with van der Waals surface area (Å²) in [7, 11) is 0. The van der Waals surface area contributed by atoms with E-state index in [0.29, 0.717) is 6.42 Å². The molecule has 1 nitrogen and oxygen atoms in total. The van der Waals surface area contributed by atoms with Crippen molar-refractivity contribution >= 4 is 18.0 Å². The monoisotopic (exact) mass is 165 g/mol. The van der Waals surface area contributed by atoms with Crippen molar-refractivity contribution in [2.75, 3.05) is 6.26 Å². The zero-order valence-electron chi connectivity index (χ0n) is 6.33. The molecule has 0 fully saturated rings. The van der Waals surface area contributed by atoms with Gasteiger partial charge in [-0.15, -0.1) is 11.8 Å². The van der Waals surface area contributed by atoms with Gasteiger partial charge in [-0.25, -0.2) is 0 Å². The molecule has 0 aliphatic rings. The highest BCUT2D eigenvalue weighted by molar-refractivity contribution is 7.98. The number of hydrogen-bond acceptors (Lipinski definition) is 2. The van der Waals surface area contributed by atoms with Crippen molar-refractivity contribution in [1.29, 1.82) is 0 Å². The quantitative estimate of drug-likeness (QED) is 0.638. The van der Waals surface area contributed by atoms with Gasteiger partial charge in [0.05, 0.1) is 0 Å². The highest BCUT2D eigenvalue weighted by Crippen LogP contribution is 2.15. The molecule has 0 aliphatic carbocycles. The van der Waals surface area contributed by atoms with E-state index >= 15 is 0 Å². The maximum atomic E-state index is 10.0. The molecule has 0 heterocycles. The summed E-state index contributed by atoms with van der Waals surface area (Å²) in [6, 6.07) is 7.93. The summed E-state index contributed by atoms with van der Waals surface area (Å²) in [6.45, 7) is 0. The van der Waals surface area contributed by atoms with E-state index in [1.807, 2.05) is 36.8 Å². The van der Waals surface area contributed by atoms with Crippen LogP contribution in [0.4, 0.5) is 0 Å². The van der Waals surface area contributed by atoms with E-state index in [0.717, 1.165) is 5.56 Å². The van der Waals surface area contributed by atoms with Crippen molar-refractivity contribution in [3.05, 3.63) is 29.8 Å². The first-order chi connectivity index (χ1) is 5.36. The van der Waals surface area contributed by atoms with Gasteiger partial charge in [-0.3, -0.25) is 4.79 Å². The van der Waals surface area contributed by atoms with Gasteiger partial charge in [0.15, 0.2) is 0 Å². The SMILES string of the molecule is CSc1cccc(C[C]=O)c1. The molecule has 57 valence electrons. The number of carbonyl (C=O) groups excluding carboxylic acids is 1. The summed E-state index contributed by atoms with van der Waals surface area (Å²) in [5, 5.41) is 0. The predicted octanol–water partition coefficient (Wildman–Crippen LogP) is 2.06. The van der Waals surface area contributed by atoms with Crippen molar-refractivity contribution in [2.45, 2.75) is 11.3 Å². The van der Waals surface area contributed by atoms with Gasteiger partial charge < -0.3 is 0 Å². The van der Waals surface area contributed by atoms with Crippen LogP contribution in [0.15, 0.2) is 29.2 Å². The minimum absolute atomic E-state index is 0.397. The lowest BCUT2D eigenvalue weighted by atomic mass is 10.2. The molecule has 0 unspecified atom stereocenters. The highest BCUT2D eigenvalue weighted by atomic mass is 32.2. The molecular weight excluding hydrogens is 156 g/mol. The van der Waals surface area contributed by atoms with Gasteiger partial charge in [-0.05, 0) is 24.0 Å². The Labute approximate surface area is 70.8 Å². The van der Waals surface area contributed by atoms with E-state index in [-0.39, 0.29) is 0 Å². The van der Waals surface area contributed by atoms with E-state index in [4.69, 9.17) is 0 Å². The molecule has 0 amide bonds. The Morgan fingerprint density at radius 3 is 3.00 bits per heavy atom. The predicted molar refractivity (Wildman–Crippen MR) is 47.6 cm³/mol. The number of thioether (sulfide) groups is 1. The molecule has 0 bridgehead atoms. The third-order valence-electron chi connectivity index (χ3n) is 1.41. The third-order valence-corrected chi connectivity index (χ3v) is 2.14. The van der Waals surface area contributed by atoms with E-state index in [1.54, 1.807) is 11.8 Å². The molecule has 0 atom stereocenters. The van der Waals surface area contributed by atoms with E-state index in [1.165, 1.54) is 4.90 Å². The van der Waals surface area contributed by atoms with Gasteiger partial charge in [-0.1, -0.05) is 12.1 Å². The van der Waals surface area contributed by atoms with Crippen LogP contribution >= 0.6 is 11.8 Å². The first-order valence-corrected chi connectivity index (χ1v) is 4.57. The zero-order chi connectivity index (χ0) is 8.10. The third kappa shape index (κ3) is 2.39. The lowest BCUT2D eigenvalue weighted by Crippen LogP contribution is -1.84. The lowest BCUT2D eigenvalue weighted by Gasteiger charge is -1.97. The van der Waals surface area contributed by atoms with Gasteiger partial charge in [0.25, 0.3) is 0 Å². The second kappa shape index (κ2) is 4.19. The molecule has 2 heteroatoms. The van der Waals surface area contributed by atoms with Crippen LogP contribution in [-0.4, -0.2) is 12.5 Å². The van der Waals surface area contributed by atoms with Gasteiger partial charge >= 0.3 is 0 Å². The molecule has 0 saturated carbocycles. The molecule has 1 aromatic rings. The van der Waals surface area contributed by atoms with Gasteiger partial charge in [0.1, 0.15) is 0 Å². The molecule has 1 radical (unpaired) electrons. The minimum atomic E-state index is 0.397. The van der Waals surface area contributed by atoms with Crippen molar-refractivity contribution in [3.8, 4) is 0 Å². The van der Waals surface area contributed by atoms with Crippen LogP contribution in [0.2, 0.25) is 0 Å². The van der Waals surface area contributed by atoms with Crippen LogP contribution in [0, 0.1) is 0 Å². The Balaban J connectivity index is 2.82. The molecule has 0 spiro atoms. The Kier molecular flexibility index (Phi) is 3.17. The Morgan fingerprint density at radius 2 is 2.36 bits per heavy atom. The Bertz CT molecular complexity index is 245. The standard InChI is InChI=1S/C9H9OS/c1-11-9-4-2-3-8(7-9)5-6-10/h2-4,7H,5H2,1H3.